The van der Waals surface area contributed by atoms with Crippen molar-refractivity contribution in [3.05, 3.63) is 71.5 Å². The number of rotatable bonds is 5. The molecule has 1 aliphatic carbocycles. The van der Waals surface area contributed by atoms with E-state index in [4.69, 9.17) is 4.74 Å². The molecule has 1 saturated heterocycles. The SMILES string of the molecule is O=C(C[C@H](c1ccc(F)cc1)C1CCC(O)CC1)N1C(=O)OC[C@@H]1c1ccccc1. The molecule has 0 radical (unpaired) electrons. The molecule has 2 aromatic rings. The number of aliphatic hydroxyl groups is 1. The molecule has 1 aliphatic heterocycles. The van der Waals surface area contributed by atoms with E-state index in [9.17, 15) is 19.1 Å². The maximum Gasteiger partial charge on any atom is 0.417 e. The van der Waals surface area contributed by atoms with Gasteiger partial charge in [-0.15, -0.1) is 0 Å². The Labute approximate surface area is 175 Å². The Morgan fingerprint density at radius 3 is 2.40 bits per heavy atom. The van der Waals surface area contributed by atoms with Crippen LogP contribution in [0.5, 0.6) is 0 Å². The standard InChI is InChI=1S/C24H26FNO4/c25-19-10-6-16(7-11-19)21(17-8-12-20(27)13-9-17)14-23(28)26-22(15-30-24(26)29)18-4-2-1-3-5-18/h1-7,10-11,17,20-22,27H,8-9,12-15H2/t17?,20?,21-,22-/m1/s1. The van der Waals surface area contributed by atoms with E-state index in [1.165, 1.54) is 17.0 Å². The predicted octanol–water partition coefficient (Wildman–Crippen LogP) is 4.57. The number of benzene rings is 2. The summed E-state index contributed by atoms with van der Waals surface area (Å²) in [4.78, 5) is 26.9. The van der Waals surface area contributed by atoms with Gasteiger partial charge in [0.25, 0.3) is 0 Å². The topological polar surface area (TPSA) is 66.8 Å². The second-order valence-electron chi connectivity index (χ2n) is 8.20. The summed E-state index contributed by atoms with van der Waals surface area (Å²) in [5, 5.41) is 9.88. The van der Waals surface area contributed by atoms with Gasteiger partial charge in [-0.3, -0.25) is 4.79 Å². The fourth-order valence-electron chi connectivity index (χ4n) is 4.67. The molecular formula is C24H26FNO4. The molecule has 30 heavy (non-hydrogen) atoms. The van der Waals surface area contributed by atoms with Crippen LogP contribution in [-0.4, -0.2) is 34.7 Å². The van der Waals surface area contributed by atoms with Gasteiger partial charge in [0, 0.05) is 6.42 Å². The summed E-state index contributed by atoms with van der Waals surface area (Å²) in [7, 11) is 0. The van der Waals surface area contributed by atoms with E-state index in [1.54, 1.807) is 12.1 Å². The Hall–Kier alpha value is -2.73. The summed E-state index contributed by atoms with van der Waals surface area (Å²) >= 11 is 0. The van der Waals surface area contributed by atoms with E-state index in [0.717, 1.165) is 24.0 Å². The summed E-state index contributed by atoms with van der Waals surface area (Å²) in [6.45, 7) is 0.144. The van der Waals surface area contributed by atoms with Crippen LogP contribution < -0.4 is 0 Å². The molecule has 158 valence electrons. The van der Waals surface area contributed by atoms with E-state index in [2.05, 4.69) is 0 Å². The van der Waals surface area contributed by atoms with Crippen molar-refractivity contribution in [3.8, 4) is 0 Å². The van der Waals surface area contributed by atoms with Crippen LogP contribution in [0.2, 0.25) is 0 Å². The molecule has 1 N–H and O–H groups in total. The quantitative estimate of drug-likeness (QED) is 0.783. The van der Waals surface area contributed by atoms with Crippen molar-refractivity contribution in [1.82, 2.24) is 4.90 Å². The first-order chi connectivity index (χ1) is 14.5. The lowest BCUT2D eigenvalue weighted by molar-refractivity contribution is -0.130. The van der Waals surface area contributed by atoms with Gasteiger partial charge in [0.05, 0.1) is 6.10 Å². The number of imide groups is 1. The number of amides is 2. The Morgan fingerprint density at radius 2 is 1.73 bits per heavy atom. The van der Waals surface area contributed by atoms with Crippen LogP contribution in [0.25, 0.3) is 0 Å². The Bertz CT molecular complexity index is 878. The molecule has 2 aromatic carbocycles. The first kappa shape index (κ1) is 20.5. The number of nitrogens with zero attached hydrogens (tertiary/aromatic N) is 1. The largest absolute Gasteiger partial charge is 0.446 e. The number of hydrogen-bond donors (Lipinski definition) is 1. The van der Waals surface area contributed by atoms with Crippen molar-refractivity contribution in [2.45, 2.75) is 50.2 Å². The van der Waals surface area contributed by atoms with Crippen LogP contribution in [0.3, 0.4) is 0 Å². The number of ether oxygens (including phenoxy) is 1. The zero-order valence-electron chi connectivity index (χ0n) is 16.7. The third kappa shape index (κ3) is 4.38. The second-order valence-corrected chi connectivity index (χ2v) is 8.20. The molecule has 1 heterocycles. The van der Waals surface area contributed by atoms with Gasteiger partial charge in [0.2, 0.25) is 5.91 Å². The van der Waals surface area contributed by atoms with Gasteiger partial charge in [-0.25, -0.2) is 14.1 Å². The van der Waals surface area contributed by atoms with Crippen LogP contribution in [0.1, 0.15) is 55.2 Å². The average Bonchev–Trinajstić information content (AvgIpc) is 3.15. The smallest absolute Gasteiger partial charge is 0.417 e. The normalized spacial score (nSPS) is 25.1. The summed E-state index contributed by atoms with van der Waals surface area (Å²) in [5.41, 5.74) is 1.74. The second kappa shape index (κ2) is 8.96. The number of carbonyl (C=O) groups excluding carboxylic acids is 2. The Morgan fingerprint density at radius 1 is 1.07 bits per heavy atom. The van der Waals surface area contributed by atoms with Gasteiger partial charge in [-0.2, -0.15) is 0 Å². The summed E-state index contributed by atoms with van der Waals surface area (Å²) in [6.07, 6.45) is 2.19. The minimum atomic E-state index is -0.620. The zero-order valence-corrected chi connectivity index (χ0v) is 16.7. The maximum absolute atomic E-state index is 13.5. The van der Waals surface area contributed by atoms with Gasteiger partial charge in [0.1, 0.15) is 18.5 Å². The van der Waals surface area contributed by atoms with E-state index in [-0.39, 0.29) is 42.7 Å². The van der Waals surface area contributed by atoms with Crippen LogP contribution in [0.4, 0.5) is 9.18 Å². The van der Waals surface area contributed by atoms with Crippen LogP contribution >= 0.6 is 0 Å². The summed E-state index contributed by atoms with van der Waals surface area (Å²) in [5.74, 6) is -0.561. The lowest BCUT2D eigenvalue weighted by Crippen LogP contribution is -2.36. The highest BCUT2D eigenvalue weighted by atomic mass is 19.1. The fourth-order valence-corrected chi connectivity index (χ4v) is 4.67. The van der Waals surface area contributed by atoms with E-state index >= 15 is 0 Å². The van der Waals surface area contributed by atoms with Crippen LogP contribution in [0.15, 0.2) is 54.6 Å². The zero-order chi connectivity index (χ0) is 21.1. The van der Waals surface area contributed by atoms with E-state index in [1.807, 2.05) is 30.3 Å². The molecule has 1 saturated carbocycles. The molecule has 0 bridgehead atoms. The molecule has 2 fully saturated rings. The number of halogens is 1. The van der Waals surface area contributed by atoms with Gasteiger partial charge < -0.3 is 9.84 Å². The molecule has 2 aliphatic rings. The highest BCUT2D eigenvalue weighted by Gasteiger charge is 2.40. The van der Waals surface area contributed by atoms with Crippen molar-refractivity contribution >= 4 is 12.0 Å². The van der Waals surface area contributed by atoms with Crippen molar-refractivity contribution in [3.63, 3.8) is 0 Å². The lowest BCUT2D eigenvalue weighted by Gasteiger charge is -2.33. The molecule has 0 aromatic heterocycles. The molecular weight excluding hydrogens is 385 g/mol. The van der Waals surface area contributed by atoms with Crippen molar-refractivity contribution in [2.75, 3.05) is 6.61 Å². The first-order valence-electron chi connectivity index (χ1n) is 10.5. The fraction of sp³-hybridized carbons (Fsp3) is 0.417. The minimum Gasteiger partial charge on any atom is -0.446 e. The van der Waals surface area contributed by atoms with Crippen molar-refractivity contribution < 1.29 is 23.8 Å². The molecule has 5 nitrogen and oxygen atoms in total. The number of hydrogen-bond acceptors (Lipinski definition) is 4. The Balaban J connectivity index is 1.57. The first-order valence-corrected chi connectivity index (χ1v) is 10.5. The maximum atomic E-state index is 13.5. The number of cyclic esters (lactones) is 1. The molecule has 0 spiro atoms. The van der Waals surface area contributed by atoms with Crippen molar-refractivity contribution in [2.24, 2.45) is 5.92 Å². The molecule has 6 heteroatoms. The lowest BCUT2D eigenvalue weighted by atomic mass is 9.74. The number of aliphatic hydroxyl groups excluding tert-OH is 1. The molecule has 2 atom stereocenters. The summed E-state index contributed by atoms with van der Waals surface area (Å²) < 4.78 is 18.7. The Kier molecular flexibility index (Phi) is 6.13. The monoisotopic (exact) mass is 411 g/mol. The minimum absolute atomic E-state index is 0.143. The molecule has 0 unspecified atom stereocenters. The molecule has 2 amide bonds. The predicted molar refractivity (Wildman–Crippen MR) is 109 cm³/mol. The third-order valence-electron chi connectivity index (χ3n) is 6.33. The van der Waals surface area contributed by atoms with Crippen LogP contribution in [-0.2, 0) is 9.53 Å². The third-order valence-corrected chi connectivity index (χ3v) is 6.33. The van der Waals surface area contributed by atoms with E-state index in [0.29, 0.717) is 12.8 Å². The van der Waals surface area contributed by atoms with Crippen molar-refractivity contribution in [1.29, 1.82) is 0 Å². The highest BCUT2D eigenvalue weighted by Crippen LogP contribution is 2.40. The van der Waals surface area contributed by atoms with E-state index < -0.39 is 12.1 Å². The number of carbonyl (C=O) groups is 2. The highest BCUT2D eigenvalue weighted by molar-refractivity contribution is 5.94. The van der Waals surface area contributed by atoms with Gasteiger partial charge in [-0.1, -0.05) is 42.5 Å². The molecule has 4 rings (SSSR count). The average molecular weight is 411 g/mol. The van der Waals surface area contributed by atoms with Gasteiger partial charge in [-0.05, 0) is 60.8 Å². The summed E-state index contributed by atoms with van der Waals surface area (Å²) in [6, 6.07) is 15.2. The van der Waals surface area contributed by atoms with Crippen LogP contribution in [0, 0.1) is 11.7 Å². The van der Waals surface area contributed by atoms with Gasteiger partial charge >= 0.3 is 6.09 Å². The van der Waals surface area contributed by atoms with Gasteiger partial charge in [0.15, 0.2) is 0 Å².